The van der Waals surface area contributed by atoms with Crippen molar-refractivity contribution in [3.05, 3.63) is 36.0 Å². The van der Waals surface area contributed by atoms with E-state index in [1.807, 2.05) is 0 Å². The molecule has 0 radical (unpaired) electrons. The van der Waals surface area contributed by atoms with E-state index in [0.29, 0.717) is 23.9 Å². The first kappa shape index (κ1) is 13.2. The summed E-state index contributed by atoms with van der Waals surface area (Å²) in [4.78, 5) is 2.21. The second-order valence-electron chi connectivity index (χ2n) is 4.89. The molecule has 1 saturated heterocycles. The lowest BCUT2D eigenvalue weighted by Gasteiger charge is -2.12. The van der Waals surface area contributed by atoms with Crippen LogP contribution in [0.15, 0.2) is 28.7 Å². The fourth-order valence-corrected chi connectivity index (χ4v) is 2.38. The van der Waals surface area contributed by atoms with Crippen molar-refractivity contribution in [3.63, 3.8) is 0 Å². The highest BCUT2D eigenvalue weighted by Crippen LogP contribution is 2.20. The fraction of sp³-hybridized carbons (Fsp3) is 0.429. The van der Waals surface area contributed by atoms with Crippen molar-refractivity contribution in [3.8, 4) is 11.5 Å². The van der Waals surface area contributed by atoms with Gasteiger partial charge in [-0.15, -0.1) is 10.2 Å². The Morgan fingerprint density at radius 1 is 1.45 bits per heavy atom. The molecule has 0 saturated carbocycles. The number of halogens is 1. The van der Waals surface area contributed by atoms with E-state index >= 15 is 0 Å². The molecule has 3 rings (SSSR count). The number of benzene rings is 1. The number of nitrogens with zero attached hydrogens (tertiary/aromatic N) is 3. The van der Waals surface area contributed by atoms with Gasteiger partial charge < -0.3 is 9.15 Å². The van der Waals surface area contributed by atoms with Gasteiger partial charge in [0.1, 0.15) is 5.82 Å². The van der Waals surface area contributed by atoms with E-state index in [9.17, 15) is 4.39 Å². The summed E-state index contributed by atoms with van der Waals surface area (Å²) in [7, 11) is 1.73. The van der Waals surface area contributed by atoms with Crippen LogP contribution in [0.2, 0.25) is 0 Å². The Hall–Kier alpha value is -1.79. The quantitative estimate of drug-likeness (QED) is 0.856. The van der Waals surface area contributed by atoms with Gasteiger partial charge in [0, 0.05) is 25.8 Å². The van der Waals surface area contributed by atoms with Crippen LogP contribution < -0.4 is 0 Å². The monoisotopic (exact) mass is 277 g/mol. The van der Waals surface area contributed by atoms with E-state index in [1.54, 1.807) is 19.2 Å². The largest absolute Gasteiger partial charge is 0.419 e. The fourth-order valence-electron chi connectivity index (χ4n) is 2.38. The highest BCUT2D eigenvalue weighted by molar-refractivity contribution is 5.52. The van der Waals surface area contributed by atoms with Crippen LogP contribution >= 0.6 is 0 Å². The topological polar surface area (TPSA) is 51.4 Å². The number of ether oxygens (including phenoxy) is 1. The number of aromatic nitrogens is 2. The van der Waals surface area contributed by atoms with Crippen molar-refractivity contribution < 1.29 is 13.5 Å². The molecule has 6 heteroatoms. The van der Waals surface area contributed by atoms with Crippen molar-refractivity contribution in [2.75, 3.05) is 20.2 Å². The van der Waals surface area contributed by atoms with Crippen molar-refractivity contribution in [2.45, 2.75) is 19.1 Å². The van der Waals surface area contributed by atoms with Crippen molar-refractivity contribution in [2.24, 2.45) is 0 Å². The van der Waals surface area contributed by atoms with Crippen LogP contribution in [0.3, 0.4) is 0 Å². The standard InChI is InChI=1S/C14H16FN3O2/c1-19-12-5-6-18(8-12)9-13-16-17-14(20-13)10-3-2-4-11(15)7-10/h2-4,7,12H,5-6,8-9H2,1H3/t12-/m0/s1. The summed E-state index contributed by atoms with van der Waals surface area (Å²) in [5, 5.41) is 7.98. The minimum atomic E-state index is -0.315. The smallest absolute Gasteiger partial charge is 0.247 e. The van der Waals surface area contributed by atoms with Gasteiger partial charge in [-0.1, -0.05) is 6.07 Å². The van der Waals surface area contributed by atoms with E-state index < -0.39 is 0 Å². The highest BCUT2D eigenvalue weighted by atomic mass is 19.1. The molecule has 20 heavy (non-hydrogen) atoms. The lowest BCUT2D eigenvalue weighted by Crippen LogP contribution is -2.22. The van der Waals surface area contributed by atoms with Crippen molar-refractivity contribution in [1.82, 2.24) is 15.1 Å². The summed E-state index contributed by atoms with van der Waals surface area (Å²) in [6, 6.07) is 6.14. The Morgan fingerprint density at radius 2 is 2.35 bits per heavy atom. The minimum Gasteiger partial charge on any atom is -0.419 e. The molecule has 0 spiro atoms. The average Bonchev–Trinajstić information content (AvgIpc) is 3.08. The molecular weight excluding hydrogens is 261 g/mol. The second kappa shape index (κ2) is 5.68. The van der Waals surface area contributed by atoms with E-state index in [0.717, 1.165) is 19.5 Å². The normalized spacial score (nSPS) is 19.6. The molecular formula is C14H16FN3O2. The maximum Gasteiger partial charge on any atom is 0.247 e. The van der Waals surface area contributed by atoms with Gasteiger partial charge in [-0.25, -0.2) is 4.39 Å². The van der Waals surface area contributed by atoms with Gasteiger partial charge in [0.25, 0.3) is 0 Å². The SMILES string of the molecule is CO[C@H]1CCN(Cc2nnc(-c3cccc(F)c3)o2)C1. The summed E-state index contributed by atoms with van der Waals surface area (Å²) < 4.78 is 24.1. The maximum atomic E-state index is 13.2. The van der Waals surface area contributed by atoms with Gasteiger partial charge in [0.15, 0.2) is 0 Å². The predicted molar refractivity (Wildman–Crippen MR) is 70.4 cm³/mol. The number of likely N-dealkylation sites (tertiary alicyclic amines) is 1. The van der Waals surface area contributed by atoms with Gasteiger partial charge in [0.05, 0.1) is 12.6 Å². The van der Waals surface area contributed by atoms with Crippen LogP contribution in [0.5, 0.6) is 0 Å². The van der Waals surface area contributed by atoms with Gasteiger partial charge in [-0.2, -0.15) is 0 Å². The summed E-state index contributed by atoms with van der Waals surface area (Å²) in [6.45, 7) is 2.42. The van der Waals surface area contributed by atoms with Crippen LogP contribution in [0.1, 0.15) is 12.3 Å². The van der Waals surface area contributed by atoms with E-state index in [-0.39, 0.29) is 11.9 Å². The van der Waals surface area contributed by atoms with Crippen LogP contribution in [0, 0.1) is 5.82 Å². The Morgan fingerprint density at radius 3 is 3.10 bits per heavy atom. The number of rotatable bonds is 4. The van der Waals surface area contributed by atoms with Gasteiger partial charge in [0.2, 0.25) is 11.8 Å². The minimum absolute atomic E-state index is 0.278. The maximum absolute atomic E-state index is 13.2. The molecule has 2 aromatic rings. The van der Waals surface area contributed by atoms with Crippen molar-refractivity contribution in [1.29, 1.82) is 0 Å². The molecule has 5 nitrogen and oxygen atoms in total. The third-order valence-electron chi connectivity index (χ3n) is 3.46. The summed E-state index contributed by atoms with van der Waals surface area (Å²) >= 11 is 0. The lowest BCUT2D eigenvalue weighted by atomic mass is 10.2. The van der Waals surface area contributed by atoms with Crippen LogP contribution in [-0.2, 0) is 11.3 Å². The Balaban J connectivity index is 1.68. The molecule has 1 atom stereocenters. The first-order valence-corrected chi connectivity index (χ1v) is 6.58. The van der Waals surface area contributed by atoms with Crippen LogP contribution in [0.4, 0.5) is 4.39 Å². The molecule has 0 unspecified atom stereocenters. The number of hydrogen-bond donors (Lipinski definition) is 0. The molecule has 1 aliphatic heterocycles. The molecule has 0 aliphatic carbocycles. The molecule has 1 aliphatic rings. The zero-order valence-electron chi connectivity index (χ0n) is 11.3. The Bertz CT molecular complexity index is 587. The van der Waals surface area contributed by atoms with Gasteiger partial charge >= 0.3 is 0 Å². The predicted octanol–water partition coefficient (Wildman–Crippen LogP) is 2.10. The first-order valence-electron chi connectivity index (χ1n) is 6.58. The molecule has 0 amide bonds. The van der Waals surface area contributed by atoms with E-state index in [4.69, 9.17) is 9.15 Å². The van der Waals surface area contributed by atoms with Crippen LogP contribution in [0.25, 0.3) is 11.5 Å². The van der Waals surface area contributed by atoms with Gasteiger partial charge in [-0.05, 0) is 24.6 Å². The third kappa shape index (κ3) is 2.86. The summed E-state index contributed by atoms with van der Waals surface area (Å²) in [6.07, 6.45) is 1.29. The summed E-state index contributed by atoms with van der Waals surface area (Å²) in [5.74, 6) is 0.577. The molecule has 0 N–H and O–H groups in total. The van der Waals surface area contributed by atoms with E-state index in [2.05, 4.69) is 15.1 Å². The van der Waals surface area contributed by atoms with Gasteiger partial charge in [-0.3, -0.25) is 4.90 Å². The zero-order valence-corrected chi connectivity index (χ0v) is 11.3. The Labute approximate surface area is 116 Å². The first-order chi connectivity index (χ1) is 9.74. The number of methoxy groups -OCH3 is 1. The molecule has 106 valence electrons. The lowest BCUT2D eigenvalue weighted by molar-refractivity contribution is 0.106. The molecule has 1 aromatic heterocycles. The number of hydrogen-bond acceptors (Lipinski definition) is 5. The van der Waals surface area contributed by atoms with E-state index in [1.165, 1.54) is 12.1 Å². The molecule has 0 bridgehead atoms. The molecule has 2 heterocycles. The second-order valence-corrected chi connectivity index (χ2v) is 4.89. The average molecular weight is 277 g/mol. The molecule has 1 fully saturated rings. The third-order valence-corrected chi connectivity index (χ3v) is 3.46. The van der Waals surface area contributed by atoms with Crippen molar-refractivity contribution >= 4 is 0 Å². The Kier molecular flexibility index (Phi) is 3.75. The zero-order chi connectivity index (χ0) is 13.9. The molecule has 1 aromatic carbocycles. The summed E-state index contributed by atoms with van der Waals surface area (Å²) in [5.41, 5.74) is 0.597. The van der Waals surface area contributed by atoms with Crippen LogP contribution in [-0.4, -0.2) is 41.4 Å². The highest BCUT2D eigenvalue weighted by Gasteiger charge is 2.23.